The number of fused-ring (bicyclic) bond motifs is 1. The number of aromatic nitrogens is 5. The molecule has 0 radical (unpaired) electrons. The molecular formula is C28H28N10OS. The molecule has 1 amide bonds. The van der Waals surface area contributed by atoms with E-state index in [9.17, 15) is 15.3 Å². The largest absolute Gasteiger partial charge is 0.369 e. The molecule has 1 aliphatic heterocycles. The second-order valence-corrected chi connectivity index (χ2v) is 11.7. The third-order valence-electron chi connectivity index (χ3n) is 7.78. The molecule has 4 aromatic rings. The summed E-state index contributed by atoms with van der Waals surface area (Å²) in [6.07, 6.45) is 7.53. The van der Waals surface area contributed by atoms with Gasteiger partial charge in [-0.05, 0) is 56.9 Å². The van der Waals surface area contributed by atoms with Crippen LogP contribution in [-0.2, 0) is 4.79 Å². The molecule has 11 nitrogen and oxygen atoms in total. The first-order chi connectivity index (χ1) is 19.4. The maximum absolute atomic E-state index is 11.4. The van der Waals surface area contributed by atoms with Gasteiger partial charge in [0.25, 0.3) is 0 Å². The van der Waals surface area contributed by atoms with Gasteiger partial charge in [-0.15, -0.1) is 10.2 Å². The Labute approximate surface area is 235 Å². The summed E-state index contributed by atoms with van der Waals surface area (Å²) >= 11 is 1.52. The summed E-state index contributed by atoms with van der Waals surface area (Å²) in [5.74, 6) is 0.0471. The summed E-state index contributed by atoms with van der Waals surface area (Å²) in [4.78, 5) is 18.4. The Morgan fingerprint density at radius 3 is 2.70 bits per heavy atom. The van der Waals surface area contributed by atoms with E-state index in [2.05, 4.69) is 43.0 Å². The minimum Gasteiger partial charge on any atom is -0.369 e. The second kappa shape index (κ2) is 10.2. The maximum Gasteiger partial charge on any atom is 0.217 e. The molecule has 0 aromatic carbocycles. The van der Waals surface area contributed by atoms with Crippen LogP contribution in [0.25, 0.3) is 27.5 Å². The minimum absolute atomic E-state index is 0.0471. The lowest BCUT2D eigenvalue weighted by Crippen LogP contribution is -2.59. The van der Waals surface area contributed by atoms with E-state index in [1.54, 1.807) is 30.6 Å². The molecule has 2 N–H and O–H groups in total. The van der Waals surface area contributed by atoms with Crippen molar-refractivity contribution in [1.29, 1.82) is 10.5 Å². The quantitative estimate of drug-likeness (QED) is 0.362. The highest BCUT2D eigenvalue weighted by Crippen LogP contribution is 2.47. The van der Waals surface area contributed by atoms with Crippen molar-refractivity contribution in [3.63, 3.8) is 0 Å². The fourth-order valence-electron chi connectivity index (χ4n) is 5.73. The summed E-state index contributed by atoms with van der Waals surface area (Å²) in [6.45, 7) is 5.28. The monoisotopic (exact) mass is 552 g/mol. The fourth-order valence-corrected chi connectivity index (χ4v) is 6.60. The molecule has 4 aromatic heterocycles. The standard InChI is InChI=1S/C28H28N10OS/c1-17(11-29)33-23-10-24(25-4-3-21-9-19(12-30)13-32-38(21)25)31-14-22(23)26-35-36-27(40-26)37-15-28(16-37)7-5-20(6-8-28)34-18(2)39/h3-4,9-10,13-14,17,20H,5-8,15-16H2,1-2H3,(H,31,33)(H,34,39). The minimum atomic E-state index is -0.426. The first kappa shape index (κ1) is 25.7. The van der Waals surface area contributed by atoms with Gasteiger partial charge in [0.2, 0.25) is 11.0 Å². The smallest absolute Gasteiger partial charge is 0.217 e. The van der Waals surface area contributed by atoms with Crippen molar-refractivity contribution in [2.75, 3.05) is 23.3 Å². The first-order valence-corrected chi connectivity index (χ1v) is 14.1. The average molecular weight is 553 g/mol. The number of carbonyl (C=O) groups is 1. The molecule has 1 aliphatic carbocycles. The van der Waals surface area contributed by atoms with Crippen molar-refractivity contribution in [2.24, 2.45) is 5.41 Å². The number of nitriles is 2. The number of carbonyl (C=O) groups excluding carboxylic acids is 1. The van der Waals surface area contributed by atoms with E-state index >= 15 is 0 Å². The Hall–Kier alpha value is -4.55. The fraction of sp³-hybridized carbons (Fsp3) is 0.393. The van der Waals surface area contributed by atoms with E-state index in [-0.39, 0.29) is 11.9 Å². The summed E-state index contributed by atoms with van der Waals surface area (Å²) in [5, 5.41) is 40.0. The highest BCUT2D eigenvalue weighted by molar-refractivity contribution is 7.18. The Morgan fingerprint density at radius 1 is 1.18 bits per heavy atom. The van der Waals surface area contributed by atoms with Gasteiger partial charge in [0, 0.05) is 43.4 Å². The lowest BCUT2D eigenvalue weighted by molar-refractivity contribution is -0.120. The molecule has 202 valence electrons. The number of nitrogens with one attached hydrogen (secondary N) is 2. The predicted molar refractivity (Wildman–Crippen MR) is 151 cm³/mol. The Morgan fingerprint density at radius 2 is 1.98 bits per heavy atom. The van der Waals surface area contributed by atoms with Crippen molar-refractivity contribution >= 4 is 33.6 Å². The maximum atomic E-state index is 11.4. The number of anilines is 2. The van der Waals surface area contributed by atoms with Crippen LogP contribution in [0.4, 0.5) is 10.8 Å². The molecule has 2 fully saturated rings. The van der Waals surface area contributed by atoms with Crippen LogP contribution in [0.5, 0.6) is 0 Å². The van der Waals surface area contributed by atoms with Gasteiger partial charge in [-0.3, -0.25) is 9.78 Å². The molecule has 6 rings (SSSR count). The normalized spacial score (nSPS) is 17.1. The Balaban J connectivity index is 1.23. The molecule has 2 aliphatic rings. The van der Waals surface area contributed by atoms with E-state index < -0.39 is 6.04 Å². The van der Waals surface area contributed by atoms with E-state index in [1.807, 2.05) is 18.2 Å². The Bertz CT molecular complexity index is 1660. The molecule has 1 spiro atoms. The summed E-state index contributed by atoms with van der Waals surface area (Å²) in [6, 6.07) is 11.7. The number of amides is 1. The van der Waals surface area contributed by atoms with Crippen molar-refractivity contribution in [3.05, 3.63) is 42.2 Å². The highest BCUT2D eigenvalue weighted by Gasteiger charge is 2.46. The SMILES string of the molecule is CC(=O)NC1CCC2(CC1)CN(c1nnc(-c3cnc(-c4ccc5cc(C#N)cnn45)cc3NC(C)C#N)s1)C2. The Kier molecular flexibility index (Phi) is 6.56. The van der Waals surface area contributed by atoms with Crippen LogP contribution in [-0.4, -0.2) is 55.9 Å². The van der Waals surface area contributed by atoms with Gasteiger partial charge in [-0.1, -0.05) is 11.3 Å². The molecule has 1 saturated carbocycles. The third kappa shape index (κ3) is 4.82. The molecule has 1 unspecified atom stereocenters. The summed E-state index contributed by atoms with van der Waals surface area (Å²) < 4.78 is 1.74. The zero-order chi connectivity index (χ0) is 27.9. The lowest BCUT2D eigenvalue weighted by atomic mass is 9.67. The van der Waals surface area contributed by atoms with E-state index in [0.29, 0.717) is 16.7 Å². The number of nitrogens with zero attached hydrogens (tertiary/aromatic N) is 8. The van der Waals surface area contributed by atoms with Gasteiger partial charge in [-0.25, -0.2) is 4.52 Å². The average Bonchev–Trinajstić information content (AvgIpc) is 3.59. The number of pyridine rings is 1. The third-order valence-corrected chi connectivity index (χ3v) is 8.80. The lowest BCUT2D eigenvalue weighted by Gasteiger charge is -2.53. The second-order valence-electron chi connectivity index (χ2n) is 10.7. The topological polar surface area (TPSA) is 148 Å². The molecule has 12 heteroatoms. The van der Waals surface area contributed by atoms with Gasteiger partial charge >= 0.3 is 0 Å². The molecule has 5 heterocycles. The first-order valence-electron chi connectivity index (χ1n) is 13.3. The van der Waals surface area contributed by atoms with Crippen LogP contribution in [0.3, 0.4) is 0 Å². The van der Waals surface area contributed by atoms with Gasteiger partial charge in [0.15, 0.2) is 5.01 Å². The number of rotatable bonds is 6. The van der Waals surface area contributed by atoms with Crippen LogP contribution in [0, 0.1) is 28.1 Å². The van der Waals surface area contributed by atoms with E-state index in [0.717, 1.165) is 71.4 Å². The summed E-state index contributed by atoms with van der Waals surface area (Å²) in [7, 11) is 0. The van der Waals surface area contributed by atoms with Gasteiger partial charge in [-0.2, -0.15) is 15.6 Å². The van der Waals surface area contributed by atoms with Crippen LogP contribution in [0.15, 0.2) is 36.7 Å². The molecule has 1 atom stereocenters. The van der Waals surface area contributed by atoms with Crippen LogP contribution >= 0.6 is 11.3 Å². The molecule has 0 bridgehead atoms. The van der Waals surface area contributed by atoms with Crippen LogP contribution < -0.4 is 15.5 Å². The van der Waals surface area contributed by atoms with Gasteiger partial charge in [0.05, 0.1) is 40.3 Å². The molecule has 1 saturated heterocycles. The van der Waals surface area contributed by atoms with Gasteiger partial charge < -0.3 is 15.5 Å². The predicted octanol–water partition coefficient (Wildman–Crippen LogP) is 4.00. The van der Waals surface area contributed by atoms with Crippen molar-refractivity contribution in [1.82, 2.24) is 30.1 Å². The van der Waals surface area contributed by atoms with E-state index in [4.69, 9.17) is 4.98 Å². The van der Waals surface area contributed by atoms with Crippen LogP contribution in [0.1, 0.15) is 45.1 Å². The highest BCUT2D eigenvalue weighted by atomic mass is 32.1. The van der Waals surface area contributed by atoms with Crippen molar-refractivity contribution in [3.8, 4) is 34.1 Å². The summed E-state index contributed by atoms with van der Waals surface area (Å²) in [5.41, 5.74) is 4.55. The molecule has 40 heavy (non-hydrogen) atoms. The number of hydrogen-bond donors (Lipinski definition) is 2. The zero-order valence-corrected chi connectivity index (χ0v) is 23.1. The van der Waals surface area contributed by atoms with Gasteiger partial charge in [0.1, 0.15) is 12.1 Å². The van der Waals surface area contributed by atoms with Crippen molar-refractivity contribution in [2.45, 2.75) is 51.6 Å². The van der Waals surface area contributed by atoms with E-state index in [1.165, 1.54) is 17.5 Å². The number of hydrogen-bond acceptors (Lipinski definition) is 10. The molecular weight excluding hydrogens is 524 g/mol. The van der Waals surface area contributed by atoms with Crippen LogP contribution in [0.2, 0.25) is 0 Å². The zero-order valence-electron chi connectivity index (χ0n) is 22.3. The van der Waals surface area contributed by atoms with Crippen molar-refractivity contribution < 1.29 is 4.79 Å².